The highest BCUT2D eigenvalue weighted by Gasteiger charge is 2.22. The van der Waals surface area contributed by atoms with Gasteiger partial charge in [0.15, 0.2) is 5.84 Å². The molecule has 0 bridgehead atoms. The lowest BCUT2D eigenvalue weighted by Crippen LogP contribution is -2.43. The molecule has 1 rings (SSSR count). The predicted octanol–water partition coefficient (Wildman–Crippen LogP) is 2.23. The zero-order valence-corrected chi connectivity index (χ0v) is 12.0. The Morgan fingerprint density at radius 1 is 1.37 bits per heavy atom. The lowest BCUT2D eigenvalue weighted by atomic mass is 9.89. The molecule has 1 aromatic rings. The van der Waals surface area contributed by atoms with Crippen molar-refractivity contribution in [2.24, 2.45) is 10.9 Å². The SMILES string of the molecule is CCC(CC)(CC)NCc1ccnc(C(N)=NO)c1. The van der Waals surface area contributed by atoms with E-state index in [4.69, 9.17) is 10.9 Å². The third-order valence-electron chi connectivity index (χ3n) is 3.89. The highest BCUT2D eigenvalue weighted by molar-refractivity contribution is 5.95. The first-order chi connectivity index (χ1) is 9.10. The zero-order chi connectivity index (χ0) is 14.3. The molecule has 0 fully saturated rings. The van der Waals surface area contributed by atoms with Crippen LogP contribution in [0.1, 0.15) is 51.3 Å². The minimum atomic E-state index is 0.0367. The number of aromatic nitrogens is 1. The fraction of sp³-hybridized carbons (Fsp3) is 0.571. The fourth-order valence-corrected chi connectivity index (χ4v) is 2.19. The van der Waals surface area contributed by atoms with Gasteiger partial charge >= 0.3 is 0 Å². The van der Waals surface area contributed by atoms with Crippen LogP contribution in [0.4, 0.5) is 0 Å². The molecule has 0 aliphatic rings. The van der Waals surface area contributed by atoms with Crippen molar-refractivity contribution in [3.8, 4) is 0 Å². The summed E-state index contributed by atoms with van der Waals surface area (Å²) in [5.74, 6) is 0.0367. The van der Waals surface area contributed by atoms with Crippen LogP contribution in [-0.4, -0.2) is 21.6 Å². The van der Waals surface area contributed by atoms with Crippen LogP contribution in [0.25, 0.3) is 0 Å². The van der Waals surface area contributed by atoms with E-state index >= 15 is 0 Å². The summed E-state index contributed by atoms with van der Waals surface area (Å²) >= 11 is 0. The summed E-state index contributed by atoms with van der Waals surface area (Å²) in [7, 11) is 0. The number of amidine groups is 1. The van der Waals surface area contributed by atoms with Gasteiger partial charge in [0.2, 0.25) is 0 Å². The Morgan fingerprint density at radius 3 is 2.53 bits per heavy atom. The third kappa shape index (κ3) is 3.92. The van der Waals surface area contributed by atoms with E-state index in [-0.39, 0.29) is 11.4 Å². The van der Waals surface area contributed by atoms with Crippen molar-refractivity contribution in [2.45, 2.75) is 52.1 Å². The summed E-state index contributed by atoms with van der Waals surface area (Å²) in [5, 5.41) is 15.2. The van der Waals surface area contributed by atoms with Crippen LogP contribution in [0.3, 0.4) is 0 Å². The van der Waals surface area contributed by atoms with Crippen molar-refractivity contribution in [1.29, 1.82) is 0 Å². The minimum Gasteiger partial charge on any atom is -0.409 e. The van der Waals surface area contributed by atoms with Crippen molar-refractivity contribution < 1.29 is 5.21 Å². The molecular weight excluding hydrogens is 240 g/mol. The average molecular weight is 264 g/mol. The van der Waals surface area contributed by atoms with Gasteiger partial charge in [-0.05, 0) is 37.0 Å². The summed E-state index contributed by atoms with van der Waals surface area (Å²) < 4.78 is 0. The van der Waals surface area contributed by atoms with Gasteiger partial charge < -0.3 is 16.3 Å². The Kier molecular flexibility index (Phi) is 5.76. The number of nitrogens with zero attached hydrogens (tertiary/aromatic N) is 2. The highest BCUT2D eigenvalue weighted by atomic mass is 16.4. The molecule has 0 spiro atoms. The molecule has 0 aromatic carbocycles. The molecule has 4 N–H and O–H groups in total. The van der Waals surface area contributed by atoms with Gasteiger partial charge in [-0.15, -0.1) is 0 Å². The topological polar surface area (TPSA) is 83.5 Å². The number of nitrogens with one attached hydrogen (secondary N) is 1. The molecule has 5 heteroatoms. The lowest BCUT2D eigenvalue weighted by Gasteiger charge is -2.32. The summed E-state index contributed by atoms with van der Waals surface area (Å²) in [5.41, 5.74) is 7.30. The summed E-state index contributed by atoms with van der Waals surface area (Å²) in [4.78, 5) is 4.07. The Morgan fingerprint density at radius 2 is 2.00 bits per heavy atom. The zero-order valence-electron chi connectivity index (χ0n) is 12.0. The molecule has 0 aliphatic carbocycles. The number of hydrogen-bond donors (Lipinski definition) is 3. The van der Waals surface area contributed by atoms with Crippen LogP contribution in [0.2, 0.25) is 0 Å². The molecule has 0 saturated carbocycles. The monoisotopic (exact) mass is 264 g/mol. The maximum absolute atomic E-state index is 8.66. The first-order valence-corrected chi connectivity index (χ1v) is 6.78. The fourth-order valence-electron chi connectivity index (χ4n) is 2.19. The molecule has 0 atom stereocenters. The number of nitrogens with two attached hydrogens (primary N) is 1. The van der Waals surface area contributed by atoms with E-state index in [1.807, 2.05) is 12.1 Å². The quantitative estimate of drug-likeness (QED) is 0.305. The second kappa shape index (κ2) is 7.09. The smallest absolute Gasteiger partial charge is 0.188 e. The van der Waals surface area contributed by atoms with E-state index in [0.29, 0.717) is 5.69 Å². The average Bonchev–Trinajstić information content (AvgIpc) is 2.48. The van der Waals surface area contributed by atoms with E-state index in [0.717, 1.165) is 31.4 Å². The number of hydrogen-bond acceptors (Lipinski definition) is 4. The van der Waals surface area contributed by atoms with Crippen LogP contribution < -0.4 is 11.1 Å². The van der Waals surface area contributed by atoms with Gasteiger partial charge in [-0.3, -0.25) is 4.98 Å². The molecular formula is C14H24N4O. The molecule has 1 aromatic heterocycles. The van der Waals surface area contributed by atoms with Crippen molar-refractivity contribution in [2.75, 3.05) is 0 Å². The summed E-state index contributed by atoms with van der Waals surface area (Å²) in [6.07, 6.45) is 4.96. The van der Waals surface area contributed by atoms with Crippen molar-refractivity contribution in [3.63, 3.8) is 0 Å². The molecule has 0 saturated heterocycles. The Labute approximate surface area is 114 Å². The molecule has 19 heavy (non-hydrogen) atoms. The predicted molar refractivity (Wildman–Crippen MR) is 77.2 cm³/mol. The van der Waals surface area contributed by atoms with E-state index in [1.54, 1.807) is 6.20 Å². The van der Waals surface area contributed by atoms with Crippen LogP contribution in [-0.2, 0) is 6.54 Å². The standard InChI is InChI=1S/C14H24N4O/c1-4-14(5-2,6-3)17-10-11-7-8-16-12(9-11)13(15)18-19/h7-9,17,19H,4-6,10H2,1-3H3,(H2,15,18). The van der Waals surface area contributed by atoms with Crippen LogP contribution in [0, 0.1) is 0 Å². The first kappa shape index (κ1) is 15.4. The van der Waals surface area contributed by atoms with E-state index in [9.17, 15) is 0 Å². The van der Waals surface area contributed by atoms with Gasteiger partial charge in [-0.2, -0.15) is 0 Å². The molecule has 106 valence electrons. The number of oxime groups is 1. The minimum absolute atomic E-state index is 0.0367. The van der Waals surface area contributed by atoms with E-state index in [2.05, 4.69) is 36.2 Å². The Balaban J connectivity index is 2.78. The van der Waals surface area contributed by atoms with Gasteiger partial charge in [0.1, 0.15) is 5.69 Å². The van der Waals surface area contributed by atoms with Crippen molar-refractivity contribution in [3.05, 3.63) is 29.6 Å². The maximum atomic E-state index is 8.66. The Hall–Kier alpha value is -1.62. The normalized spacial score (nSPS) is 12.7. The van der Waals surface area contributed by atoms with Gasteiger partial charge in [0.05, 0.1) is 0 Å². The summed E-state index contributed by atoms with van der Waals surface area (Å²) in [6.45, 7) is 7.36. The molecule has 0 aliphatic heterocycles. The van der Waals surface area contributed by atoms with E-state index < -0.39 is 0 Å². The number of rotatable bonds is 7. The van der Waals surface area contributed by atoms with E-state index in [1.165, 1.54) is 0 Å². The molecule has 1 heterocycles. The second-order valence-corrected chi connectivity index (χ2v) is 4.73. The van der Waals surface area contributed by atoms with Gasteiger partial charge in [-0.1, -0.05) is 25.9 Å². The number of pyridine rings is 1. The van der Waals surface area contributed by atoms with Gasteiger partial charge in [0.25, 0.3) is 0 Å². The molecule has 5 nitrogen and oxygen atoms in total. The van der Waals surface area contributed by atoms with Crippen molar-refractivity contribution >= 4 is 5.84 Å². The van der Waals surface area contributed by atoms with Crippen LogP contribution in [0.5, 0.6) is 0 Å². The van der Waals surface area contributed by atoms with Crippen LogP contribution >= 0.6 is 0 Å². The maximum Gasteiger partial charge on any atom is 0.188 e. The van der Waals surface area contributed by atoms with Crippen molar-refractivity contribution in [1.82, 2.24) is 10.3 Å². The first-order valence-electron chi connectivity index (χ1n) is 6.78. The van der Waals surface area contributed by atoms with Gasteiger partial charge in [-0.25, -0.2) is 0 Å². The second-order valence-electron chi connectivity index (χ2n) is 4.73. The third-order valence-corrected chi connectivity index (χ3v) is 3.89. The molecule has 0 radical (unpaired) electrons. The Bertz CT molecular complexity index is 419. The summed E-state index contributed by atoms with van der Waals surface area (Å²) in [6, 6.07) is 3.78. The largest absolute Gasteiger partial charge is 0.409 e. The highest BCUT2D eigenvalue weighted by Crippen LogP contribution is 2.20. The lowest BCUT2D eigenvalue weighted by molar-refractivity contribution is 0.288. The molecule has 0 unspecified atom stereocenters. The van der Waals surface area contributed by atoms with Crippen LogP contribution in [0.15, 0.2) is 23.5 Å². The molecule has 0 amide bonds. The van der Waals surface area contributed by atoms with Gasteiger partial charge in [0, 0.05) is 18.3 Å².